The smallest absolute Gasteiger partial charge is 0.153 e. The summed E-state index contributed by atoms with van der Waals surface area (Å²) < 4.78 is 10.7. The lowest BCUT2D eigenvalue weighted by molar-refractivity contribution is 0.327. The van der Waals surface area contributed by atoms with Gasteiger partial charge in [0.15, 0.2) is 5.84 Å². The van der Waals surface area contributed by atoms with Crippen molar-refractivity contribution in [2.45, 2.75) is 6.54 Å². The fraction of sp³-hybridized carbons (Fsp3) is 0.238. The zero-order valence-corrected chi connectivity index (χ0v) is 16.4. The molecule has 0 unspecified atom stereocenters. The molecule has 1 aliphatic rings. The molecule has 0 spiro atoms. The Morgan fingerprint density at radius 1 is 1.03 bits per heavy atom. The van der Waals surface area contributed by atoms with Crippen LogP contribution in [0.4, 0.5) is 5.69 Å². The molecule has 0 atom stereocenters. The number of aromatic nitrogens is 2. The van der Waals surface area contributed by atoms with Crippen molar-refractivity contribution >= 4 is 11.5 Å². The van der Waals surface area contributed by atoms with Crippen LogP contribution in [-0.4, -0.2) is 53.5 Å². The number of hydrogen-bond donors (Lipinski definition) is 2. The number of ether oxygens (including phenoxy) is 2. The maximum absolute atomic E-state index is 9.79. The first-order valence-corrected chi connectivity index (χ1v) is 9.22. The van der Waals surface area contributed by atoms with Gasteiger partial charge in [-0.1, -0.05) is 12.1 Å². The molecule has 2 N–H and O–H groups in total. The summed E-state index contributed by atoms with van der Waals surface area (Å²) in [6, 6.07) is 13.8. The van der Waals surface area contributed by atoms with Gasteiger partial charge in [0, 0.05) is 24.4 Å². The number of hydrogen-bond acceptors (Lipinski definition) is 7. The van der Waals surface area contributed by atoms with Crippen molar-refractivity contribution in [2.24, 2.45) is 5.10 Å². The molecule has 2 heterocycles. The highest BCUT2D eigenvalue weighted by Crippen LogP contribution is 2.27. The van der Waals surface area contributed by atoms with Gasteiger partial charge >= 0.3 is 0 Å². The van der Waals surface area contributed by atoms with Gasteiger partial charge < -0.3 is 19.5 Å². The van der Waals surface area contributed by atoms with E-state index in [0.717, 1.165) is 33.9 Å². The molecule has 2 aromatic carbocycles. The van der Waals surface area contributed by atoms with Crippen LogP contribution in [0.15, 0.2) is 60.0 Å². The number of nitrogens with one attached hydrogen (secondary N) is 1. The topological polar surface area (TPSA) is 86.2 Å². The van der Waals surface area contributed by atoms with Gasteiger partial charge in [-0.15, -0.1) is 0 Å². The molecule has 0 bridgehead atoms. The van der Waals surface area contributed by atoms with Gasteiger partial charge in [0.1, 0.15) is 24.8 Å². The number of rotatable bonds is 7. The maximum Gasteiger partial charge on any atom is 0.153 e. The molecule has 0 saturated heterocycles. The molecule has 0 saturated carbocycles. The molecule has 150 valence electrons. The lowest BCUT2D eigenvalue weighted by atomic mass is 10.1. The summed E-state index contributed by atoms with van der Waals surface area (Å²) in [5, 5.41) is 23.1. The minimum Gasteiger partial charge on any atom is -0.497 e. The number of amidine groups is 1. The summed E-state index contributed by atoms with van der Waals surface area (Å²) in [4.78, 5) is 2.03. The number of anilines is 1. The van der Waals surface area contributed by atoms with Crippen LogP contribution in [0.3, 0.4) is 0 Å². The first-order chi connectivity index (χ1) is 14.2. The molecule has 1 aliphatic heterocycles. The van der Waals surface area contributed by atoms with Crippen LogP contribution >= 0.6 is 0 Å². The van der Waals surface area contributed by atoms with E-state index in [9.17, 15) is 5.11 Å². The first kappa shape index (κ1) is 18.8. The van der Waals surface area contributed by atoms with Crippen LogP contribution in [0.1, 0.15) is 5.56 Å². The Balaban J connectivity index is 1.51. The fourth-order valence-corrected chi connectivity index (χ4v) is 3.30. The van der Waals surface area contributed by atoms with E-state index in [4.69, 9.17) is 9.47 Å². The number of aliphatic hydroxyl groups excluding tert-OH is 1. The Hall–Kier alpha value is -3.52. The second kappa shape index (κ2) is 8.24. The highest BCUT2D eigenvalue weighted by Gasteiger charge is 2.24. The number of aliphatic hydroxyl groups is 1. The predicted molar refractivity (Wildman–Crippen MR) is 111 cm³/mol. The highest BCUT2D eigenvalue weighted by atomic mass is 16.5. The Kier molecular flexibility index (Phi) is 5.35. The molecular formula is C21H23N5O3. The zero-order chi connectivity index (χ0) is 20.2. The number of hydrazone groups is 1. The maximum atomic E-state index is 9.79. The van der Waals surface area contributed by atoms with Crippen molar-refractivity contribution in [1.82, 2.24) is 15.1 Å². The monoisotopic (exact) mass is 393 g/mol. The first-order valence-electron chi connectivity index (χ1n) is 9.22. The lowest BCUT2D eigenvalue weighted by Gasteiger charge is -2.21. The van der Waals surface area contributed by atoms with Crippen molar-refractivity contribution in [3.8, 4) is 22.6 Å². The van der Waals surface area contributed by atoms with Crippen molar-refractivity contribution < 1.29 is 14.6 Å². The van der Waals surface area contributed by atoms with E-state index in [-0.39, 0.29) is 6.61 Å². The van der Waals surface area contributed by atoms with E-state index < -0.39 is 0 Å². The van der Waals surface area contributed by atoms with E-state index >= 15 is 0 Å². The van der Waals surface area contributed by atoms with E-state index in [1.165, 1.54) is 0 Å². The molecule has 29 heavy (non-hydrogen) atoms. The Morgan fingerprint density at radius 3 is 2.34 bits per heavy atom. The highest BCUT2D eigenvalue weighted by molar-refractivity contribution is 5.86. The summed E-state index contributed by atoms with van der Waals surface area (Å²) in [6.45, 7) is 0.988. The summed E-state index contributed by atoms with van der Waals surface area (Å²) in [5.41, 5.74) is 4.08. The van der Waals surface area contributed by atoms with Gasteiger partial charge in [-0.3, -0.25) is 5.10 Å². The summed E-state index contributed by atoms with van der Waals surface area (Å²) >= 11 is 0. The Labute approximate surface area is 169 Å². The molecule has 0 aliphatic carbocycles. The number of aromatic amines is 1. The van der Waals surface area contributed by atoms with Crippen LogP contribution < -0.4 is 14.5 Å². The van der Waals surface area contributed by atoms with Gasteiger partial charge in [0.05, 0.1) is 26.1 Å². The Bertz CT molecular complexity index is 964. The number of nitrogens with zero attached hydrogens (tertiary/aromatic N) is 4. The van der Waals surface area contributed by atoms with Crippen LogP contribution in [-0.2, 0) is 6.54 Å². The Morgan fingerprint density at radius 2 is 1.76 bits per heavy atom. The standard InChI is InChI=1S/C21H23N5O3/c1-28-19-7-15(8-20(9-19)29-2)12-25-14-26(24-21(25)13-27)18-5-3-16(4-6-18)17-10-22-23-11-17/h3-11,27H,12-14H2,1-2H3,(H,22,23). The van der Waals surface area contributed by atoms with Gasteiger partial charge in [-0.05, 0) is 35.4 Å². The molecule has 0 amide bonds. The largest absolute Gasteiger partial charge is 0.497 e. The van der Waals surface area contributed by atoms with Crippen LogP contribution in [0.5, 0.6) is 11.5 Å². The fourth-order valence-electron chi connectivity index (χ4n) is 3.30. The van der Waals surface area contributed by atoms with Crippen LogP contribution in [0, 0.1) is 0 Å². The zero-order valence-electron chi connectivity index (χ0n) is 16.4. The second-order valence-corrected chi connectivity index (χ2v) is 6.67. The summed E-state index contributed by atoms with van der Waals surface area (Å²) in [6.07, 6.45) is 3.65. The molecule has 8 nitrogen and oxygen atoms in total. The minimum absolute atomic E-state index is 0.134. The van der Waals surface area contributed by atoms with Crippen LogP contribution in [0.2, 0.25) is 0 Å². The SMILES string of the molecule is COc1cc(CN2CN(c3ccc(-c4cn[nH]c4)cc3)N=C2CO)cc(OC)c1. The molecule has 8 heteroatoms. The number of benzene rings is 2. The lowest BCUT2D eigenvalue weighted by Crippen LogP contribution is -2.32. The van der Waals surface area contributed by atoms with Gasteiger partial charge in [-0.25, -0.2) is 5.01 Å². The van der Waals surface area contributed by atoms with Gasteiger partial charge in [0.2, 0.25) is 0 Å². The van der Waals surface area contributed by atoms with Crippen molar-refractivity contribution in [3.05, 3.63) is 60.4 Å². The normalized spacial score (nSPS) is 13.6. The third-order valence-corrected chi connectivity index (χ3v) is 4.83. The molecule has 4 rings (SSSR count). The van der Waals surface area contributed by atoms with E-state index in [0.29, 0.717) is 19.0 Å². The molecule has 3 aromatic rings. The van der Waals surface area contributed by atoms with E-state index in [1.54, 1.807) is 20.4 Å². The second-order valence-electron chi connectivity index (χ2n) is 6.67. The number of methoxy groups -OCH3 is 2. The number of H-pyrrole nitrogens is 1. The molecule has 0 fully saturated rings. The van der Waals surface area contributed by atoms with E-state index in [1.807, 2.05) is 58.6 Å². The molecule has 1 aromatic heterocycles. The average Bonchev–Trinajstić information content (AvgIpc) is 3.43. The third-order valence-electron chi connectivity index (χ3n) is 4.83. The predicted octanol–water partition coefficient (Wildman–Crippen LogP) is 2.68. The van der Waals surface area contributed by atoms with Gasteiger partial charge in [-0.2, -0.15) is 10.2 Å². The summed E-state index contributed by atoms with van der Waals surface area (Å²) in [7, 11) is 3.26. The minimum atomic E-state index is -0.134. The summed E-state index contributed by atoms with van der Waals surface area (Å²) in [5.74, 6) is 2.08. The quantitative estimate of drug-likeness (QED) is 0.642. The van der Waals surface area contributed by atoms with Gasteiger partial charge in [0.25, 0.3) is 0 Å². The van der Waals surface area contributed by atoms with Crippen LogP contribution in [0.25, 0.3) is 11.1 Å². The third kappa shape index (κ3) is 4.02. The average molecular weight is 393 g/mol. The molecular weight excluding hydrogens is 370 g/mol. The van der Waals surface area contributed by atoms with Crippen molar-refractivity contribution in [3.63, 3.8) is 0 Å². The van der Waals surface area contributed by atoms with E-state index in [2.05, 4.69) is 15.3 Å². The molecule has 0 radical (unpaired) electrons. The van der Waals surface area contributed by atoms with Crippen molar-refractivity contribution in [2.75, 3.05) is 32.5 Å². The van der Waals surface area contributed by atoms with Crippen molar-refractivity contribution in [1.29, 1.82) is 0 Å².